The minimum atomic E-state index is -0.805. The maximum Gasteiger partial charge on any atom is 0.358 e. The fourth-order valence-electron chi connectivity index (χ4n) is 3.89. The zero-order chi connectivity index (χ0) is 21.5. The number of β-lactam (4-membered cyclic amide) rings is 1. The van der Waals surface area contributed by atoms with Crippen molar-refractivity contribution in [3.8, 4) is 0 Å². The third-order valence-electron chi connectivity index (χ3n) is 5.40. The molecule has 29 heavy (non-hydrogen) atoms. The van der Waals surface area contributed by atoms with Gasteiger partial charge in [0.25, 0.3) is 0 Å². The number of thiocarbonyl (C=S) groups is 1. The Morgan fingerprint density at radius 3 is 2.59 bits per heavy atom. The SMILES string of the molecule is CC(C)C(=O)OCOC(=O)C1=C(S[C@H]2CNC(=S)C2)[C@H](C)[C@@H]2[C@@H]([C@@H](C)O)C(=O)N12. The number of fused-ring (bicyclic) bond motifs is 1. The van der Waals surface area contributed by atoms with Crippen LogP contribution in [0.1, 0.15) is 34.1 Å². The molecule has 3 aliphatic heterocycles. The molecule has 8 nitrogen and oxygen atoms in total. The van der Waals surface area contributed by atoms with E-state index in [4.69, 9.17) is 21.7 Å². The van der Waals surface area contributed by atoms with Gasteiger partial charge in [0, 0.05) is 29.0 Å². The Bertz CT molecular complexity index is 766. The summed E-state index contributed by atoms with van der Waals surface area (Å²) in [5, 5.41) is 13.3. The van der Waals surface area contributed by atoms with Gasteiger partial charge in [0.2, 0.25) is 12.7 Å². The first-order chi connectivity index (χ1) is 13.6. The van der Waals surface area contributed by atoms with Crippen molar-refractivity contribution in [2.45, 2.75) is 51.5 Å². The molecule has 160 valence electrons. The summed E-state index contributed by atoms with van der Waals surface area (Å²) in [7, 11) is 0. The van der Waals surface area contributed by atoms with Crippen LogP contribution in [0.25, 0.3) is 0 Å². The third-order valence-corrected chi connectivity index (χ3v) is 7.19. The summed E-state index contributed by atoms with van der Waals surface area (Å²) in [4.78, 5) is 40.0. The minimum absolute atomic E-state index is 0.118. The Morgan fingerprint density at radius 1 is 1.34 bits per heavy atom. The van der Waals surface area contributed by atoms with Gasteiger partial charge in [-0.2, -0.15) is 0 Å². The van der Waals surface area contributed by atoms with E-state index < -0.39 is 30.8 Å². The van der Waals surface area contributed by atoms with Crippen molar-refractivity contribution in [1.82, 2.24) is 10.2 Å². The molecular formula is C19H26N2O6S2. The highest BCUT2D eigenvalue weighted by atomic mass is 32.2. The Labute approximate surface area is 179 Å². The summed E-state index contributed by atoms with van der Waals surface area (Å²) in [6.45, 7) is 7.07. The first-order valence-corrected chi connectivity index (χ1v) is 10.9. The average Bonchev–Trinajstić information content (AvgIpc) is 3.15. The summed E-state index contributed by atoms with van der Waals surface area (Å²) < 4.78 is 10.1. The van der Waals surface area contributed by atoms with Crippen LogP contribution in [0.15, 0.2) is 10.6 Å². The molecule has 0 bridgehead atoms. The molecule has 10 heteroatoms. The van der Waals surface area contributed by atoms with Gasteiger partial charge in [-0.15, -0.1) is 11.8 Å². The van der Waals surface area contributed by atoms with Crippen LogP contribution in [-0.2, 0) is 23.9 Å². The van der Waals surface area contributed by atoms with E-state index >= 15 is 0 Å². The Hall–Kier alpha value is -1.65. The molecule has 2 fully saturated rings. The summed E-state index contributed by atoms with van der Waals surface area (Å²) >= 11 is 6.72. The number of carbonyl (C=O) groups excluding carboxylic acids is 3. The number of nitrogens with zero attached hydrogens (tertiary/aromatic N) is 1. The van der Waals surface area contributed by atoms with E-state index in [-0.39, 0.29) is 34.7 Å². The van der Waals surface area contributed by atoms with E-state index in [1.165, 1.54) is 16.7 Å². The third kappa shape index (κ3) is 4.15. The van der Waals surface area contributed by atoms with Crippen molar-refractivity contribution >= 4 is 46.8 Å². The number of aliphatic hydroxyl groups is 1. The number of rotatable bonds is 7. The maximum absolute atomic E-state index is 12.8. The molecule has 5 atom stereocenters. The van der Waals surface area contributed by atoms with Crippen molar-refractivity contribution in [2.24, 2.45) is 17.8 Å². The molecule has 0 saturated carbocycles. The highest BCUT2D eigenvalue weighted by Crippen LogP contribution is 2.51. The Kier molecular flexibility index (Phi) is 6.54. The van der Waals surface area contributed by atoms with Gasteiger partial charge >= 0.3 is 11.9 Å². The second-order valence-electron chi connectivity index (χ2n) is 7.88. The summed E-state index contributed by atoms with van der Waals surface area (Å²) in [5.74, 6) is -2.47. The predicted octanol–water partition coefficient (Wildman–Crippen LogP) is 1.18. The van der Waals surface area contributed by atoms with Gasteiger partial charge in [-0.25, -0.2) is 4.79 Å². The number of ether oxygens (including phenoxy) is 2. The minimum Gasteiger partial charge on any atom is -0.428 e. The quantitative estimate of drug-likeness (QED) is 0.260. The maximum atomic E-state index is 12.8. The van der Waals surface area contributed by atoms with Crippen molar-refractivity contribution in [1.29, 1.82) is 0 Å². The number of hydrogen-bond acceptors (Lipinski definition) is 8. The molecule has 0 unspecified atom stereocenters. The molecule has 1 amide bonds. The number of hydrogen-bond donors (Lipinski definition) is 2. The van der Waals surface area contributed by atoms with E-state index in [1.807, 2.05) is 6.92 Å². The smallest absolute Gasteiger partial charge is 0.358 e. The molecule has 3 heterocycles. The van der Waals surface area contributed by atoms with Gasteiger partial charge < -0.3 is 24.8 Å². The summed E-state index contributed by atoms with van der Waals surface area (Å²) in [5.41, 5.74) is 0.188. The molecule has 3 rings (SSSR count). The topological polar surface area (TPSA) is 105 Å². The van der Waals surface area contributed by atoms with E-state index in [1.54, 1.807) is 20.8 Å². The van der Waals surface area contributed by atoms with Crippen molar-refractivity contribution in [2.75, 3.05) is 13.3 Å². The molecule has 0 aromatic rings. The molecule has 0 spiro atoms. The Morgan fingerprint density at radius 2 is 2.03 bits per heavy atom. The van der Waals surface area contributed by atoms with Gasteiger partial charge in [0.1, 0.15) is 5.70 Å². The van der Waals surface area contributed by atoms with Gasteiger partial charge in [-0.3, -0.25) is 9.59 Å². The number of esters is 2. The molecule has 2 saturated heterocycles. The highest BCUT2D eigenvalue weighted by molar-refractivity contribution is 8.03. The van der Waals surface area contributed by atoms with Gasteiger partial charge in [-0.1, -0.05) is 33.0 Å². The van der Waals surface area contributed by atoms with Gasteiger partial charge in [0.05, 0.1) is 29.0 Å². The Balaban J connectivity index is 1.79. The van der Waals surface area contributed by atoms with Crippen LogP contribution in [0.5, 0.6) is 0 Å². The lowest BCUT2D eigenvalue weighted by atomic mass is 9.79. The normalized spacial score (nSPS) is 29.5. The van der Waals surface area contributed by atoms with Crippen LogP contribution in [0.2, 0.25) is 0 Å². The van der Waals surface area contributed by atoms with Crippen LogP contribution in [0.4, 0.5) is 0 Å². The number of nitrogens with one attached hydrogen (secondary N) is 1. The van der Waals surface area contributed by atoms with Crippen molar-refractivity contribution in [3.05, 3.63) is 10.6 Å². The number of thioether (sulfide) groups is 1. The van der Waals surface area contributed by atoms with Crippen LogP contribution >= 0.6 is 24.0 Å². The molecule has 2 N–H and O–H groups in total. The molecule has 0 radical (unpaired) electrons. The highest BCUT2D eigenvalue weighted by Gasteiger charge is 2.60. The fourth-order valence-corrected chi connectivity index (χ4v) is 5.70. The van der Waals surface area contributed by atoms with Crippen LogP contribution < -0.4 is 5.32 Å². The number of amides is 1. The van der Waals surface area contributed by atoms with Gasteiger partial charge in [0.15, 0.2) is 0 Å². The predicted molar refractivity (Wildman–Crippen MR) is 110 cm³/mol. The second-order valence-corrected chi connectivity index (χ2v) is 9.72. The lowest BCUT2D eigenvalue weighted by Crippen LogP contribution is -2.63. The first kappa shape index (κ1) is 22.0. The van der Waals surface area contributed by atoms with E-state index in [0.29, 0.717) is 13.0 Å². The number of carbonyl (C=O) groups is 3. The first-order valence-electron chi connectivity index (χ1n) is 9.65. The summed E-state index contributed by atoms with van der Waals surface area (Å²) in [6.07, 6.45) is -0.108. The molecular weight excluding hydrogens is 416 g/mol. The van der Waals surface area contributed by atoms with E-state index in [9.17, 15) is 19.5 Å². The fraction of sp³-hybridized carbons (Fsp3) is 0.684. The largest absolute Gasteiger partial charge is 0.428 e. The molecule has 3 aliphatic rings. The average molecular weight is 443 g/mol. The van der Waals surface area contributed by atoms with Crippen LogP contribution in [0, 0.1) is 17.8 Å². The molecule has 0 aromatic heterocycles. The van der Waals surface area contributed by atoms with E-state index in [2.05, 4.69) is 5.32 Å². The van der Waals surface area contributed by atoms with Crippen LogP contribution in [0.3, 0.4) is 0 Å². The van der Waals surface area contributed by atoms with Crippen molar-refractivity contribution < 1.29 is 29.0 Å². The standard InChI is InChI=1S/C19H26N2O6S2/c1-8(2)18(24)26-7-27-19(25)15-16(29-11-5-12(28)20-6-11)9(3)14-13(10(4)22)17(23)21(14)15/h8-11,13-14,22H,5-7H2,1-4H3,(H,20,28)/t9-,10-,11-,13-,14-/m1/s1. The summed E-state index contributed by atoms with van der Waals surface area (Å²) in [6, 6.07) is -0.285. The molecule has 0 aliphatic carbocycles. The lowest BCUT2D eigenvalue weighted by molar-refractivity contribution is -0.173. The number of aliphatic hydroxyl groups excluding tert-OH is 1. The monoisotopic (exact) mass is 442 g/mol. The lowest BCUT2D eigenvalue weighted by Gasteiger charge is -2.46. The van der Waals surface area contributed by atoms with Crippen molar-refractivity contribution in [3.63, 3.8) is 0 Å². The molecule has 0 aromatic carbocycles. The van der Waals surface area contributed by atoms with Crippen LogP contribution in [-0.4, -0.2) is 63.6 Å². The zero-order valence-corrected chi connectivity index (χ0v) is 18.5. The zero-order valence-electron chi connectivity index (χ0n) is 16.8. The van der Waals surface area contributed by atoms with Gasteiger partial charge in [-0.05, 0) is 6.92 Å². The second kappa shape index (κ2) is 8.61. The van der Waals surface area contributed by atoms with E-state index in [0.717, 1.165) is 9.89 Å².